The maximum Gasteiger partial charge on any atom is 0.124 e. The monoisotopic (exact) mass is 307 g/mol. The highest BCUT2D eigenvalue weighted by Gasteiger charge is 2.10. The molecule has 0 spiro atoms. The molecular formula is C15H15BrFN. The molecule has 0 aliphatic rings. The van der Waals surface area contributed by atoms with E-state index in [0.717, 1.165) is 15.6 Å². The number of aryl methyl sites for hydroxylation is 1. The van der Waals surface area contributed by atoms with Crippen molar-refractivity contribution in [2.24, 2.45) is 5.73 Å². The molecule has 94 valence electrons. The summed E-state index contributed by atoms with van der Waals surface area (Å²) >= 11 is 3.29. The van der Waals surface area contributed by atoms with Crippen molar-refractivity contribution < 1.29 is 4.39 Å². The molecule has 0 heterocycles. The molecule has 1 nitrogen and oxygen atoms in total. The zero-order valence-electron chi connectivity index (χ0n) is 10.2. The summed E-state index contributed by atoms with van der Waals surface area (Å²) in [5.41, 5.74) is 9.37. The van der Waals surface area contributed by atoms with Crippen LogP contribution in [0.25, 0.3) is 0 Å². The molecule has 0 bridgehead atoms. The summed E-state index contributed by atoms with van der Waals surface area (Å²) in [7, 11) is 0. The summed E-state index contributed by atoms with van der Waals surface area (Å²) in [5.74, 6) is -0.239. The molecule has 3 heteroatoms. The molecule has 2 N–H and O–H groups in total. The van der Waals surface area contributed by atoms with Gasteiger partial charge in [0, 0.05) is 10.5 Å². The van der Waals surface area contributed by atoms with E-state index >= 15 is 0 Å². The second kappa shape index (κ2) is 5.63. The second-order valence-corrected chi connectivity index (χ2v) is 5.36. The van der Waals surface area contributed by atoms with E-state index in [-0.39, 0.29) is 11.9 Å². The molecule has 2 aromatic rings. The number of hydrogen-bond donors (Lipinski definition) is 1. The van der Waals surface area contributed by atoms with Crippen LogP contribution in [0, 0.1) is 12.7 Å². The van der Waals surface area contributed by atoms with E-state index in [4.69, 9.17) is 5.73 Å². The maximum atomic E-state index is 13.3. The van der Waals surface area contributed by atoms with Crippen molar-refractivity contribution in [3.8, 4) is 0 Å². The fraction of sp³-hybridized carbons (Fsp3) is 0.200. The van der Waals surface area contributed by atoms with Crippen LogP contribution < -0.4 is 5.73 Å². The third-order valence-corrected chi connectivity index (χ3v) is 3.42. The van der Waals surface area contributed by atoms with Crippen LogP contribution in [0.3, 0.4) is 0 Å². The molecule has 0 aromatic heterocycles. The summed E-state index contributed by atoms with van der Waals surface area (Å²) in [6.07, 6.45) is 0.626. The predicted octanol–water partition coefficient (Wildman–Crippen LogP) is 4.14. The molecule has 0 fully saturated rings. The van der Waals surface area contributed by atoms with Gasteiger partial charge in [-0.1, -0.05) is 40.2 Å². The minimum absolute atomic E-state index is 0.111. The van der Waals surface area contributed by atoms with Gasteiger partial charge in [-0.2, -0.15) is 0 Å². The molecule has 0 aliphatic heterocycles. The number of halogens is 2. The first-order valence-corrected chi connectivity index (χ1v) is 6.61. The van der Waals surface area contributed by atoms with Crippen molar-refractivity contribution in [2.75, 3.05) is 0 Å². The molecule has 2 rings (SSSR count). The molecule has 0 amide bonds. The normalized spacial score (nSPS) is 12.4. The van der Waals surface area contributed by atoms with Crippen LogP contribution in [0.15, 0.2) is 46.9 Å². The SMILES string of the molecule is Cc1ccccc1C(N)Cc1cc(F)cc(Br)c1. The minimum atomic E-state index is -0.239. The molecule has 0 radical (unpaired) electrons. The summed E-state index contributed by atoms with van der Waals surface area (Å²) in [6.45, 7) is 2.04. The van der Waals surface area contributed by atoms with E-state index in [1.165, 1.54) is 17.7 Å². The lowest BCUT2D eigenvalue weighted by atomic mass is 9.96. The van der Waals surface area contributed by atoms with Gasteiger partial charge in [-0.3, -0.25) is 0 Å². The first-order valence-electron chi connectivity index (χ1n) is 5.82. The lowest BCUT2D eigenvalue weighted by Gasteiger charge is -2.15. The van der Waals surface area contributed by atoms with E-state index < -0.39 is 0 Å². The number of hydrogen-bond acceptors (Lipinski definition) is 1. The molecule has 2 aromatic carbocycles. The third kappa shape index (κ3) is 3.18. The first-order chi connectivity index (χ1) is 8.56. The van der Waals surface area contributed by atoms with Gasteiger partial charge >= 0.3 is 0 Å². The Labute approximate surface area is 115 Å². The Kier molecular flexibility index (Phi) is 4.15. The predicted molar refractivity (Wildman–Crippen MR) is 75.9 cm³/mol. The van der Waals surface area contributed by atoms with Crippen molar-refractivity contribution in [2.45, 2.75) is 19.4 Å². The molecule has 0 saturated carbocycles. The Morgan fingerprint density at radius 2 is 1.94 bits per heavy atom. The van der Waals surface area contributed by atoms with Crippen LogP contribution in [0.5, 0.6) is 0 Å². The van der Waals surface area contributed by atoms with E-state index in [0.29, 0.717) is 6.42 Å². The third-order valence-electron chi connectivity index (χ3n) is 2.97. The molecule has 1 atom stereocenters. The summed E-state index contributed by atoms with van der Waals surface area (Å²) in [5, 5.41) is 0. The molecule has 0 aliphatic carbocycles. The highest BCUT2D eigenvalue weighted by molar-refractivity contribution is 9.10. The van der Waals surface area contributed by atoms with E-state index in [9.17, 15) is 4.39 Å². The smallest absolute Gasteiger partial charge is 0.124 e. The van der Waals surface area contributed by atoms with Crippen molar-refractivity contribution >= 4 is 15.9 Å². The van der Waals surface area contributed by atoms with Crippen molar-refractivity contribution in [3.05, 3.63) is 69.4 Å². The zero-order chi connectivity index (χ0) is 13.1. The lowest BCUT2D eigenvalue weighted by molar-refractivity contribution is 0.621. The topological polar surface area (TPSA) is 26.0 Å². The van der Waals surface area contributed by atoms with E-state index in [1.54, 1.807) is 0 Å². The molecule has 0 saturated heterocycles. The molecular weight excluding hydrogens is 293 g/mol. The lowest BCUT2D eigenvalue weighted by Crippen LogP contribution is -2.14. The number of nitrogens with two attached hydrogens (primary N) is 1. The van der Waals surface area contributed by atoms with Crippen LogP contribution in [-0.4, -0.2) is 0 Å². The zero-order valence-corrected chi connectivity index (χ0v) is 11.7. The molecule has 1 unspecified atom stereocenters. The van der Waals surface area contributed by atoms with E-state index in [1.807, 2.05) is 37.3 Å². The highest BCUT2D eigenvalue weighted by atomic mass is 79.9. The van der Waals surface area contributed by atoms with Gasteiger partial charge in [-0.25, -0.2) is 4.39 Å². The average molecular weight is 308 g/mol. The summed E-state index contributed by atoms with van der Waals surface area (Å²) < 4.78 is 14.0. The van der Waals surface area contributed by atoms with Gasteiger partial charge in [0.05, 0.1) is 0 Å². The maximum absolute atomic E-state index is 13.3. The average Bonchev–Trinajstić information content (AvgIpc) is 2.27. The number of rotatable bonds is 3. The van der Waals surface area contributed by atoms with Gasteiger partial charge in [-0.05, 0) is 48.2 Å². The standard InChI is InChI=1S/C15H15BrFN/c1-10-4-2-3-5-14(10)15(18)8-11-6-12(16)9-13(17)7-11/h2-7,9,15H,8,18H2,1H3. The quantitative estimate of drug-likeness (QED) is 0.906. The van der Waals surface area contributed by atoms with Gasteiger partial charge in [0.2, 0.25) is 0 Å². The van der Waals surface area contributed by atoms with Gasteiger partial charge in [0.1, 0.15) is 5.82 Å². The molecule has 18 heavy (non-hydrogen) atoms. The van der Waals surface area contributed by atoms with Crippen LogP contribution in [-0.2, 0) is 6.42 Å². The fourth-order valence-electron chi connectivity index (χ4n) is 2.10. The Morgan fingerprint density at radius 3 is 2.61 bits per heavy atom. The minimum Gasteiger partial charge on any atom is -0.324 e. The van der Waals surface area contributed by atoms with E-state index in [2.05, 4.69) is 15.9 Å². The Hall–Kier alpha value is -1.19. The van der Waals surface area contributed by atoms with Crippen molar-refractivity contribution in [3.63, 3.8) is 0 Å². The van der Waals surface area contributed by atoms with Crippen LogP contribution in [0.4, 0.5) is 4.39 Å². The van der Waals surface area contributed by atoms with Gasteiger partial charge in [0.25, 0.3) is 0 Å². The van der Waals surface area contributed by atoms with Crippen molar-refractivity contribution in [1.82, 2.24) is 0 Å². The second-order valence-electron chi connectivity index (χ2n) is 4.44. The van der Waals surface area contributed by atoms with Gasteiger partial charge in [-0.15, -0.1) is 0 Å². The van der Waals surface area contributed by atoms with Gasteiger partial charge in [0.15, 0.2) is 0 Å². The van der Waals surface area contributed by atoms with Crippen molar-refractivity contribution in [1.29, 1.82) is 0 Å². The Morgan fingerprint density at radius 1 is 1.22 bits per heavy atom. The first kappa shape index (κ1) is 13.2. The van der Waals surface area contributed by atoms with Crippen LogP contribution in [0.1, 0.15) is 22.7 Å². The summed E-state index contributed by atoms with van der Waals surface area (Å²) in [4.78, 5) is 0. The van der Waals surface area contributed by atoms with Gasteiger partial charge < -0.3 is 5.73 Å². The fourth-order valence-corrected chi connectivity index (χ4v) is 2.61. The Bertz CT molecular complexity index is 534. The number of benzene rings is 2. The van der Waals surface area contributed by atoms with Crippen LogP contribution >= 0.6 is 15.9 Å². The Balaban J connectivity index is 2.21. The largest absolute Gasteiger partial charge is 0.324 e. The highest BCUT2D eigenvalue weighted by Crippen LogP contribution is 2.22. The van der Waals surface area contributed by atoms with Crippen LogP contribution in [0.2, 0.25) is 0 Å². The summed E-state index contributed by atoms with van der Waals surface area (Å²) in [6, 6.07) is 12.8.